The van der Waals surface area contributed by atoms with Crippen molar-refractivity contribution in [3.63, 3.8) is 0 Å². The highest BCUT2D eigenvalue weighted by Gasteiger charge is 2.28. The summed E-state index contributed by atoms with van der Waals surface area (Å²) in [6.07, 6.45) is 2.65. The van der Waals surface area contributed by atoms with Crippen molar-refractivity contribution in [2.75, 3.05) is 30.9 Å². The molecule has 2 aromatic carbocycles. The van der Waals surface area contributed by atoms with E-state index >= 15 is 0 Å². The van der Waals surface area contributed by atoms with Crippen LogP contribution in [0.5, 0.6) is 5.75 Å². The fraction of sp³-hybridized carbons (Fsp3) is 0.250. The predicted octanol–water partition coefficient (Wildman–Crippen LogP) is 4.11. The summed E-state index contributed by atoms with van der Waals surface area (Å²) in [5.74, 6) is -0.295. The first-order valence-electron chi connectivity index (χ1n) is 10.5. The van der Waals surface area contributed by atoms with Gasteiger partial charge in [-0.05, 0) is 73.4 Å². The van der Waals surface area contributed by atoms with E-state index in [1.165, 1.54) is 44.7 Å². The van der Waals surface area contributed by atoms with E-state index in [1.54, 1.807) is 36.4 Å². The van der Waals surface area contributed by atoms with Crippen LogP contribution in [0.25, 0.3) is 0 Å². The zero-order chi connectivity index (χ0) is 24.5. The van der Waals surface area contributed by atoms with E-state index < -0.39 is 21.9 Å². The maximum Gasteiger partial charge on any atom is 0.341 e. The number of methoxy groups -OCH3 is 2. The lowest BCUT2D eigenvalue weighted by molar-refractivity contribution is 0.0601. The van der Waals surface area contributed by atoms with Gasteiger partial charge in [-0.1, -0.05) is 0 Å². The third-order valence-corrected chi connectivity index (χ3v) is 8.76. The van der Waals surface area contributed by atoms with Crippen LogP contribution in [-0.2, 0) is 27.6 Å². The predicted molar refractivity (Wildman–Crippen MR) is 131 cm³/mol. The molecule has 178 valence electrons. The van der Waals surface area contributed by atoms with Gasteiger partial charge in [0.25, 0.3) is 15.9 Å². The Labute approximate surface area is 202 Å². The van der Waals surface area contributed by atoms with E-state index in [0.29, 0.717) is 27.6 Å². The number of carbonyl (C=O) groups is 2. The lowest BCUT2D eigenvalue weighted by Crippen LogP contribution is -2.26. The quantitative estimate of drug-likeness (QED) is 0.490. The van der Waals surface area contributed by atoms with Gasteiger partial charge in [-0.2, -0.15) is 0 Å². The minimum atomic E-state index is -3.79. The monoisotopic (exact) mass is 500 g/mol. The first-order chi connectivity index (χ1) is 16.3. The molecule has 0 fully saturated rings. The van der Waals surface area contributed by atoms with Crippen LogP contribution in [0.2, 0.25) is 0 Å². The summed E-state index contributed by atoms with van der Waals surface area (Å²) in [5.41, 5.74) is 2.12. The average Bonchev–Trinajstić information content (AvgIpc) is 3.44. The maximum absolute atomic E-state index is 13.0. The Morgan fingerprint density at radius 2 is 1.68 bits per heavy atom. The number of sulfonamides is 1. The summed E-state index contributed by atoms with van der Waals surface area (Å²) >= 11 is 1.40. The number of ether oxygens (including phenoxy) is 2. The van der Waals surface area contributed by atoms with Gasteiger partial charge in [0.05, 0.1) is 30.4 Å². The number of nitrogens with zero attached hydrogens (tertiary/aromatic N) is 1. The number of carbonyl (C=O) groups excluding carboxylic acids is 2. The Balaban J connectivity index is 1.53. The first kappa shape index (κ1) is 23.8. The maximum atomic E-state index is 13.0. The zero-order valence-corrected chi connectivity index (χ0v) is 20.6. The number of rotatable bonds is 7. The van der Waals surface area contributed by atoms with Crippen molar-refractivity contribution in [2.45, 2.75) is 24.2 Å². The Kier molecular flexibility index (Phi) is 6.63. The molecular weight excluding hydrogens is 476 g/mol. The highest BCUT2D eigenvalue weighted by Crippen LogP contribution is 2.39. The van der Waals surface area contributed by atoms with Crippen LogP contribution in [0.4, 0.5) is 10.7 Å². The van der Waals surface area contributed by atoms with Gasteiger partial charge in [0.2, 0.25) is 0 Å². The molecule has 0 unspecified atom stereocenters. The Morgan fingerprint density at radius 3 is 2.29 bits per heavy atom. The highest BCUT2D eigenvalue weighted by molar-refractivity contribution is 7.92. The highest BCUT2D eigenvalue weighted by atomic mass is 32.2. The van der Waals surface area contributed by atoms with Gasteiger partial charge in [0.15, 0.2) is 0 Å². The molecule has 0 spiro atoms. The molecule has 10 heteroatoms. The van der Waals surface area contributed by atoms with Crippen LogP contribution < -0.4 is 14.4 Å². The number of esters is 1. The Morgan fingerprint density at radius 1 is 1.00 bits per heavy atom. The second-order valence-corrected chi connectivity index (χ2v) is 10.8. The minimum Gasteiger partial charge on any atom is -0.497 e. The molecule has 1 aliphatic carbocycles. The molecule has 4 rings (SSSR count). The molecule has 0 radical (unpaired) electrons. The van der Waals surface area contributed by atoms with Gasteiger partial charge in [0.1, 0.15) is 10.8 Å². The summed E-state index contributed by atoms with van der Waals surface area (Å²) in [6.45, 7) is 0. The average molecular weight is 501 g/mol. The van der Waals surface area contributed by atoms with Gasteiger partial charge in [-0.3, -0.25) is 9.10 Å². The van der Waals surface area contributed by atoms with E-state index in [9.17, 15) is 18.0 Å². The van der Waals surface area contributed by atoms with E-state index in [-0.39, 0.29) is 4.90 Å². The molecule has 0 aliphatic heterocycles. The molecule has 1 N–H and O–H groups in total. The van der Waals surface area contributed by atoms with E-state index in [0.717, 1.165) is 34.0 Å². The summed E-state index contributed by atoms with van der Waals surface area (Å²) in [6, 6.07) is 12.3. The molecule has 0 bridgehead atoms. The number of aryl methyl sites for hydroxylation is 1. The van der Waals surface area contributed by atoms with Crippen molar-refractivity contribution in [3.05, 3.63) is 70.1 Å². The summed E-state index contributed by atoms with van der Waals surface area (Å²) in [7, 11) is 0.492. The molecule has 1 amide bonds. The van der Waals surface area contributed by atoms with Crippen LogP contribution in [0.1, 0.15) is 37.6 Å². The normalized spacial score (nSPS) is 12.7. The molecule has 8 nitrogen and oxygen atoms in total. The Hall–Kier alpha value is -3.37. The second-order valence-electron chi connectivity index (χ2n) is 7.70. The van der Waals surface area contributed by atoms with Gasteiger partial charge >= 0.3 is 5.97 Å². The van der Waals surface area contributed by atoms with E-state index in [2.05, 4.69) is 5.32 Å². The van der Waals surface area contributed by atoms with E-state index in [4.69, 9.17) is 9.47 Å². The third kappa shape index (κ3) is 4.38. The fourth-order valence-electron chi connectivity index (χ4n) is 3.85. The van der Waals surface area contributed by atoms with Gasteiger partial charge < -0.3 is 14.8 Å². The number of amides is 1. The molecule has 1 aliphatic rings. The standard InChI is InChI=1S/C24H24N2O6S2/c1-26(34(29,30)18-13-11-17(31-2)12-14-18)16-9-7-15(8-10-16)22(27)25-23-21(24(28)32-3)19-5-4-6-20(19)33-23/h7-14H,4-6H2,1-3H3,(H,25,27). The van der Waals surface area contributed by atoms with Crippen molar-refractivity contribution in [1.82, 2.24) is 0 Å². The van der Waals surface area contributed by atoms with Crippen LogP contribution >= 0.6 is 11.3 Å². The number of hydrogen-bond donors (Lipinski definition) is 1. The number of anilines is 2. The van der Waals surface area contributed by atoms with Gasteiger partial charge in [-0.15, -0.1) is 11.3 Å². The van der Waals surface area contributed by atoms with Crippen LogP contribution in [0, 0.1) is 0 Å². The number of thiophene rings is 1. The summed E-state index contributed by atoms with van der Waals surface area (Å²) < 4.78 is 37.1. The molecule has 1 heterocycles. The van der Waals surface area contributed by atoms with Crippen molar-refractivity contribution < 1.29 is 27.5 Å². The SMILES string of the molecule is COC(=O)c1c(NC(=O)c2ccc(N(C)S(=O)(=O)c3ccc(OC)cc3)cc2)sc2c1CCC2. The zero-order valence-electron chi connectivity index (χ0n) is 19.0. The fourth-order valence-corrected chi connectivity index (χ4v) is 6.32. The largest absolute Gasteiger partial charge is 0.497 e. The lowest BCUT2D eigenvalue weighted by Gasteiger charge is -2.20. The number of fused-ring (bicyclic) bond motifs is 1. The molecule has 3 aromatic rings. The molecule has 1 aromatic heterocycles. The molecular formula is C24H24N2O6S2. The van der Waals surface area contributed by atoms with Crippen molar-refractivity contribution in [1.29, 1.82) is 0 Å². The molecule has 0 saturated carbocycles. The van der Waals surface area contributed by atoms with Gasteiger partial charge in [-0.25, -0.2) is 13.2 Å². The van der Waals surface area contributed by atoms with Gasteiger partial charge in [0, 0.05) is 17.5 Å². The molecule has 0 atom stereocenters. The van der Waals surface area contributed by atoms with Crippen molar-refractivity contribution in [3.8, 4) is 5.75 Å². The number of hydrogen-bond acceptors (Lipinski definition) is 7. The van der Waals surface area contributed by atoms with Crippen molar-refractivity contribution in [2.24, 2.45) is 0 Å². The van der Waals surface area contributed by atoms with Crippen LogP contribution in [0.3, 0.4) is 0 Å². The van der Waals surface area contributed by atoms with Crippen LogP contribution in [0.15, 0.2) is 53.4 Å². The number of benzene rings is 2. The number of nitrogens with one attached hydrogen (secondary N) is 1. The second kappa shape index (κ2) is 9.47. The molecule has 0 saturated heterocycles. The third-order valence-electron chi connectivity index (χ3n) is 5.75. The topological polar surface area (TPSA) is 102 Å². The van der Waals surface area contributed by atoms with E-state index in [1.807, 2.05) is 0 Å². The lowest BCUT2D eigenvalue weighted by atomic mass is 10.1. The van der Waals surface area contributed by atoms with Crippen molar-refractivity contribution >= 4 is 43.9 Å². The summed E-state index contributed by atoms with van der Waals surface area (Å²) in [5, 5.41) is 3.30. The summed E-state index contributed by atoms with van der Waals surface area (Å²) in [4.78, 5) is 26.4. The smallest absolute Gasteiger partial charge is 0.341 e. The minimum absolute atomic E-state index is 0.124. The molecule has 34 heavy (non-hydrogen) atoms. The Bertz CT molecular complexity index is 1330. The first-order valence-corrected chi connectivity index (χ1v) is 12.8. The van der Waals surface area contributed by atoms with Crippen LogP contribution in [-0.4, -0.2) is 41.6 Å².